The number of aromatic nitrogens is 2. The van der Waals surface area contributed by atoms with Crippen LogP contribution in [0.15, 0.2) is 28.9 Å². The molecule has 4 unspecified atom stereocenters. The average Bonchev–Trinajstić information content (AvgIpc) is 3.30. The number of carbonyl (C=O) groups is 1. The lowest BCUT2D eigenvalue weighted by atomic mass is 9.90. The number of nitrogens with zero attached hydrogens (tertiary/aromatic N) is 3. The summed E-state index contributed by atoms with van der Waals surface area (Å²) < 4.78 is 30.7. The molecule has 39 heavy (non-hydrogen) atoms. The van der Waals surface area contributed by atoms with Gasteiger partial charge >= 0.3 is 0 Å². The molecule has 6 rings (SSSR count). The predicted molar refractivity (Wildman–Crippen MR) is 154 cm³/mol. The highest BCUT2D eigenvalue weighted by Crippen LogP contribution is 2.54. The van der Waals surface area contributed by atoms with Crippen molar-refractivity contribution in [2.75, 3.05) is 23.7 Å². The van der Waals surface area contributed by atoms with Gasteiger partial charge in [0.2, 0.25) is 5.95 Å². The number of nitrogens with one attached hydrogen (secondary N) is 2. The van der Waals surface area contributed by atoms with Crippen LogP contribution >= 0.6 is 15.9 Å². The Morgan fingerprint density at radius 3 is 2.72 bits per heavy atom. The Kier molecular flexibility index (Phi) is 7.78. The van der Waals surface area contributed by atoms with Crippen LogP contribution in [-0.2, 0) is 11.4 Å². The summed E-state index contributed by atoms with van der Waals surface area (Å²) in [7, 11) is 0. The zero-order valence-electron chi connectivity index (χ0n) is 22.0. The Morgan fingerprint density at radius 2 is 1.97 bits per heavy atom. The summed E-state index contributed by atoms with van der Waals surface area (Å²) in [6, 6.07) is 4.47. The van der Waals surface area contributed by atoms with E-state index in [4.69, 9.17) is 5.73 Å². The third kappa shape index (κ3) is 5.64. The lowest BCUT2D eigenvalue weighted by Crippen LogP contribution is -2.51. The Balaban J connectivity index is 1.10. The van der Waals surface area contributed by atoms with E-state index in [1.165, 1.54) is 44.2 Å². The zero-order valence-corrected chi connectivity index (χ0v) is 24.4. The van der Waals surface area contributed by atoms with Crippen molar-refractivity contribution in [3.63, 3.8) is 0 Å². The quantitative estimate of drug-likeness (QED) is 0.334. The lowest BCUT2D eigenvalue weighted by Gasteiger charge is -2.40. The number of halogens is 2. The van der Waals surface area contributed by atoms with E-state index < -0.39 is 23.1 Å². The van der Waals surface area contributed by atoms with Crippen LogP contribution < -0.4 is 16.4 Å². The molecule has 4 aliphatic rings. The third-order valence-electron chi connectivity index (χ3n) is 9.38. The number of anilines is 3. The molecule has 1 amide bonds. The number of nitrogens with two attached hydrogens (primary N) is 1. The van der Waals surface area contributed by atoms with Gasteiger partial charge in [0, 0.05) is 35.6 Å². The number of amides is 1. The van der Waals surface area contributed by atoms with Gasteiger partial charge in [-0.2, -0.15) is 4.98 Å². The third-order valence-corrected chi connectivity index (χ3v) is 11.8. The Hall–Kier alpha value is -1.95. The van der Waals surface area contributed by atoms with Gasteiger partial charge in [0.05, 0.1) is 22.3 Å². The maximum Gasteiger partial charge on any atom is 0.253 e. The van der Waals surface area contributed by atoms with Crippen molar-refractivity contribution < 1.29 is 13.7 Å². The molecule has 0 radical (unpaired) electrons. The summed E-state index contributed by atoms with van der Waals surface area (Å²) in [6.45, 7) is 1.64. The highest BCUT2D eigenvalue weighted by molar-refractivity contribution is 9.10. The van der Waals surface area contributed by atoms with Crippen LogP contribution in [0.5, 0.6) is 0 Å². The average molecular weight is 620 g/mol. The normalized spacial score (nSPS) is 27.5. The minimum Gasteiger partial charge on any atom is -0.598 e. The van der Waals surface area contributed by atoms with E-state index in [0.717, 1.165) is 57.0 Å². The molecule has 2 aromatic rings. The Labute approximate surface area is 240 Å². The maximum absolute atomic E-state index is 14.2. The van der Waals surface area contributed by atoms with Gasteiger partial charge in [-0.05, 0) is 78.4 Å². The van der Waals surface area contributed by atoms with Crippen LogP contribution in [0.25, 0.3) is 0 Å². The highest BCUT2D eigenvalue weighted by Gasteiger charge is 2.56. The van der Waals surface area contributed by atoms with E-state index in [1.54, 1.807) is 12.3 Å². The van der Waals surface area contributed by atoms with Crippen molar-refractivity contribution >= 4 is 50.7 Å². The number of hydrogen-bond acceptors (Lipinski definition) is 7. The number of rotatable bonds is 8. The predicted octanol–water partition coefficient (Wildman–Crippen LogP) is 5.51. The molecule has 11 heteroatoms. The highest BCUT2D eigenvalue weighted by atomic mass is 79.9. The fraction of sp³-hybridized carbons (Fsp3) is 0.607. The second kappa shape index (κ2) is 11.1. The van der Waals surface area contributed by atoms with Crippen LogP contribution in [-0.4, -0.2) is 49.1 Å². The molecule has 210 valence electrons. The first-order chi connectivity index (χ1) is 18.8. The monoisotopic (exact) mass is 618 g/mol. The number of piperidine rings is 1. The largest absolute Gasteiger partial charge is 0.598 e. The molecule has 4 atom stereocenters. The first-order valence-corrected chi connectivity index (χ1v) is 16.1. The summed E-state index contributed by atoms with van der Waals surface area (Å²) in [5, 5.41) is 6.87. The minimum atomic E-state index is -0.918. The van der Waals surface area contributed by atoms with Crippen LogP contribution in [0.3, 0.4) is 0 Å². The molecule has 3 saturated carbocycles. The smallest absolute Gasteiger partial charge is 0.253 e. The Bertz CT molecular complexity index is 1230. The van der Waals surface area contributed by atoms with Gasteiger partial charge in [-0.1, -0.05) is 31.7 Å². The number of benzene rings is 1. The molecule has 0 bridgehead atoms. The summed E-state index contributed by atoms with van der Waals surface area (Å²) in [5.41, 5.74) is 5.51. The van der Waals surface area contributed by atoms with E-state index in [9.17, 15) is 13.7 Å². The molecule has 1 aromatic heterocycles. The van der Waals surface area contributed by atoms with Crippen molar-refractivity contribution in [1.82, 2.24) is 14.3 Å². The Morgan fingerprint density at radius 1 is 1.18 bits per heavy atom. The van der Waals surface area contributed by atoms with Crippen molar-refractivity contribution in [2.45, 2.75) is 75.5 Å². The molecule has 1 saturated heterocycles. The second-order valence-electron chi connectivity index (χ2n) is 11.8. The molecule has 4 fully saturated rings. The van der Waals surface area contributed by atoms with Crippen molar-refractivity contribution in [2.24, 2.45) is 23.0 Å². The van der Waals surface area contributed by atoms with Gasteiger partial charge in [-0.15, -0.1) is 4.31 Å². The number of hydrogen-bond donors (Lipinski definition) is 3. The SMILES string of the molecule is NC(=O)c1c(F)cccc1Nc1nc(NC2CCN([S+]([O-])C3CCC(C4CCCC4)C3)CC23CC3)ncc1Br. The van der Waals surface area contributed by atoms with Crippen molar-refractivity contribution in [1.29, 1.82) is 0 Å². The zero-order chi connectivity index (χ0) is 27.1. The fourth-order valence-corrected chi connectivity index (χ4v) is 9.21. The van der Waals surface area contributed by atoms with E-state index in [1.807, 2.05) is 0 Å². The van der Waals surface area contributed by atoms with Crippen LogP contribution in [0.2, 0.25) is 0 Å². The lowest BCUT2D eigenvalue weighted by molar-refractivity contribution is 0.0997. The summed E-state index contributed by atoms with van der Waals surface area (Å²) in [5.74, 6) is 0.957. The molecule has 1 aliphatic heterocycles. The molecule has 3 aliphatic carbocycles. The standard InChI is InChI=1S/C28H36BrFN6O2S/c29-20-15-32-27(35-26(20)33-22-7-3-6-21(30)24(22)25(31)37)34-23-10-13-36(16-28(23)11-12-28)39(38)19-9-8-18(14-19)17-4-1-2-5-17/h3,6-7,15,17-19,23H,1-2,4-5,8-14,16H2,(H2,31,37)(H2,32,33,34,35). The van der Waals surface area contributed by atoms with Gasteiger partial charge in [0.15, 0.2) is 0 Å². The number of carbonyl (C=O) groups excluding carboxylic acids is 1. The van der Waals surface area contributed by atoms with Gasteiger partial charge in [0.1, 0.15) is 16.9 Å². The van der Waals surface area contributed by atoms with E-state index >= 15 is 0 Å². The van der Waals surface area contributed by atoms with E-state index in [0.29, 0.717) is 21.5 Å². The fourth-order valence-electron chi connectivity index (χ4n) is 7.08. The summed E-state index contributed by atoms with van der Waals surface area (Å²) in [6.07, 6.45) is 13.7. The van der Waals surface area contributed by atoms with Crippen LogP contribution in [0.4, 0.5) is 21.8 Å². The molecule has 1 aromatic carbocycles. The summed E-state index contributed by atoms with van der Waals surface area (Å²) >= 11 is 2.53. The van der Waals surface area contributed by atoms with Gasteiger partial charge < -0.3 is 20.9 Å². The first-order valence-electron chi connectivity index (χ1n) is 14.1. The van der Waals surface area contributed by atoms with Crippen LogP contribution in [0.1, 0.15) is 74.6 Å². The van der Waals surface area contributed by atoms with Gasteiger partial charge in [-0.25, -0.2) is 9.37 Å². The molecular weight excluding hydrogens is 583 g/mol. The summed E-state index contributed by atoms with van der Waals surface area (Å²) in [4.78, 5) is 20.9. The molecule has 1 spiro atoms. The molecule has 4 N–H and O–H groups in total. The van der Waals surface area contributed by atoms with Crippen molar-refractivity contribution in [3.8, 4) is 0 Å². The minimum absolute atomic E-state index is 0.0864. The van der Waals surface area contributed by atoms with E-state index in [2.05, 4.69) is 40.8 Å². The van der Waals surface area contributed by atoms with E-state index in [-0.39, 0.29) is 22.7 Å². The number of primary amides is 1. The van der Waals surface area contributed by atoms with Crippen molar-refractivity contribution in [3.05, 3.63) is 40.2 Å². The first kappa shape index (κ1) is 27.2. The molecule has 8 nitrogen and oxygen atoms in total. The molecule has 2 heterocycles. The van der Waals surface area contributed by atoms with Crippen LogP contribution in [0, 0.1) is 23.1 Å². The van der Waals surface area contributed by atoms with Gasteiger partial charge in [-0.3, -0.25) is 4.79 Å². The topological polar surface area (TPSA) is 119 Å². The maximum atomic E-state index is 14.2. The van der Waals surface area contributed by atoms with Gasteiger partial charge in [0.25, 0.3) is 5.91 Å². The second-order valence-corrected chi connectivity index (χ2v) is 14.4. The molecular formula is C28H36BrFN6O2S.